The van der Waals surface area contributed by atoms with Gasteiger partial charge < -0.3 is 9.84 Å². The Hall–Kier alpha value is -0.340. The third-order valence-corrected chi connectivity index (χ3v) is 2.34. The molecule has 0 radical (unpaired) electrons. The lowest BCUT2D eigenvalue weighted by atomic mass is 9.94. The molecule has 1 heterocycles. The molecule has 1 N–H and O–H groups in total. The monoisotopic (exact) mass is 156 g/mol. The van der Waals surface area contributed by atoms with Crippen molar-refractivity contribution in [3.8, 4) is 0 Å². The summed E-state index contributed by atoms with van der Waals surface area (Å²) in [6.07, 6.45) is 3.37. The van der Waals surface area contributed by atoms with E-state index in [-0.39, 0.29) is 12.2 Å². The lowest BCUT2D eigenvalue weighted by molar-refractivity contribution is 0.0453. The molecule has 0 bridgehead atoms. The van der Waals surface area contributed by atoms with Crippen LogP contribution in [0.1, 0.15) is 19.8 Å². The van der Waals surface area contributed by atoms with E-state index in [1.807, 2.05) is 6.92 Å². The molecule has 0 aromatic rings. The number of hydrogen-bond acceptors (Lipinski definition) is 2. The van der Waals surface area contributed by atoms with Crippen molar-refractivity contribution in [3.63, 3.8) is 0 Å². The van der Waals surface area contributed by atoms with Gasteiger partial charge in [-0.1, -0.05) is 6.08 Å². The van der Waals surface area contributed by atoms with Crippen LogP contribution in [-0.2, 0) is 4.74 Å². The zero-order valence-corrected chi connectivity index (χ0v) is 6.99. The highest BCUT2D eigenvalue weighted by Crippen LogP contribution is 2.25. The van der Waals surface area contributed by atoms with Crippen LogP contribution in [-0.4, -0.2) is 23.9 Å². The second kappa shape index (κ2) is 3.88. The lowest BCUT2D eigenvalue weighted by Crippen LogP contribution is -2.25. The number of aliphatic hydroxyl groups excluding tert-OH is 1. The van der Waals surface area contributed by atoms with Crippen LogP contribution in [0.25, 0.3) is 0 Å². The van der Waals surface area contributed by atoms with E-state index in [4.69, 9.17) is 4.74 Å². The van der Waals surface area contributed by atoms with E-state index >= 15 is 0 Å². The van der Waals surface area contributed by atoms with Crippen LogP contribution in [0.2, 0.25) is 0 Å². The Balaban J connectivity index is 2.38. The Morgan fingerprint density at radius 2 is 2.55 bits per heavy atom. The molecule has 2 nitrogen and oxygen atoms in total. The van der Waals surface area contributed by atoms with Gasteiger partial charge in [-0.05, 0) is 19.8 Å². The molecule has 0 amide bonds. The van der Waals surface area contributed by atoms with Gasteiger partial charge in [0.25, 0.3) is 0 Å². The quantitative estimate of drug-likeness (QED) is 0.625. The summed E-state index contributed by atoms with van der Waals surface area (Å²) < 4.78 is 5.34. The standard InChI is InChI=1S/C9H16O2/c1-3-4-9(10)8-5-6-11-7(8)2/h3,7-10H,1,4-6H2,2H3. The second-order valence-corrected chi connectivity index (χ2v) is 3.12. The molecule has 1 aliphatic rings. The van der Waals surface area contributed by atoms with Crippen molar-refractivity contribution in [2.45, 2.75) is 32.0 Å². The van der Waals surface area contributed by atoms with Gasteiger partial charge >= 0.3 is 0 Å². The van der Waals surface area contributed by atoms with Gasteiger partial charge in [0, 0.05) is 12.5 Å². The average molecular weight is 156 g/mol. The molecule has 1 saturated heterocycles. The molecule has 0 aromatic carbocycles. The topological polar surface area (TPSA) is 29.5 Å². The second-order valence-electron chi connectivity index (χ2n) is 3.12. The summed E-state index contributed by atoms with van der Waals surface area (Å²) in [5, 5.41) is 9.57. The van der Waals surface area contributed by atoms with Gasteiger partial charge in [0.05, 0.1) is 12.2 Å². The Kier molecular flexibility index (Phi) is 3.09. The molecule has 64 valence electrons. The minimum atomic E-state index is -0.259. The Bertz CT molecular complexity index is 134. The molecule has 2 heteroatoms. The number of aliphatic hydroxyl groups is 1. The molecule has 1 rings (SSSR count). The summed E-state index contributed by atoms with van der Waals surface area (Å²) in [7, 11) is 0. The first-order chi connectivity index (χ1) is 5.25. The molecule has 0 saturated carbocycles. The molecular weight excluding hydrogens is 140 g/mol. The van der Waals surface area contributed by atoms with E-state index in [1.165, 1.54) is 0 Å². The first kappa shape index (κ1) is 8.75. The first-order valence-corrected chi connectivity index (χ1v) is 4.16. The Morgan fingerprint density at radius 3 is 3.00 bits per heavy atom. The summed E-state index contributed by atoms with van der Waals surface area (Å²) in [6.45, 7) is 6.41. The SMILES string of the molecule is C=CCC(O)C1CCOC1C. The van der Waals surface area contributed by atoms with Crippen LogP contribution in [0.3, 0.4) is 0 Å². The predicted octanol–water partition coefficient (Wildman–Crippen LogP) is 1.35. The van der Waals surface area contributed by atoms with Crippen molar-refractivity contribution >= 4 is 0 Å². The largest absolute Gasteiger partial charge is 0.392 e. The zero-order chi connectivity index (χ0) is 8.27. The van der Waals surface area contributed by atoms with Crippen molar-refractivity contribution in [2.75, 3.05) is 6.61 Å². The van der Waals surface area contributed by atoms with Gasteiger partial charge in [0.2, 0.25) is 0 Å². The highest BCUT2D eigenvalue weighted by molar-refractivity contribution is 4.83. The smallest absolute Gasteiger partial charge is 0.0628 e. The summed E-state index contributed by atoms with van der Waals surface area (Å²) in [5.74, 6) is 0.313. The van der Waals surface area contributed by atoms with E-state index in [0.29, 0.717) is 12.3 Å². The molecule has 0 spiro atoms. The van der Waals surface area contributed by atoms with Gasteiger partial charge in [-0.25, -0.2) is 0 Å². The molecular formula is C9H16O2. The van der Waals surface area contributed by atoms with Crippen molar-refractivity contribution < 1.29 is 9.84 Å². The van der Waals surface area contributed by atoms with E-state index < -0.39 is 0 Å². The molecule has 11 heavy (non-hydrogen) atoms. The molecule has 0 aliphatic carbocycles. The van der Waals surface area contributed by atoms with E-state index in [0.717, 1.165) is 13.0 Å². The maximum absolute atomic E-state index is 9.57. The Morgan fingerprint density at radius 1 is 1.82 bits per heavy atom. The maximum atomic E-state index is 9.57. The summed E-state index contributed by atoms with van der Waals surface area (Å²) in [4.78, 5) is 0. The maximum Gasteiger partial charge on any atom is 0.0628 e. The van der Waals surface area contributed by atoms with Crippen LogP contribution in [0.15, 0.2) is 12.7 Å². The van der Waals surface area contributed by atoms with Crippen LogP contribution >= 0.6 is 0 Å². The molecule has 1 fully saturated rings. The van der Waals surface area contributed by atoms with Crippen molar-refractivity contribution in [1.82, 2.24) is 0 Å². The van der Waals surface area contributed by atoms with Gasteiger partial charge in [-0.3, -0.25) is 0 Å². The third kappa shape index (κ3) is 2.04. The van der Waals surface area contributed by atoms with Gasteiger partial charge in [0.1, 0.15) is 0 Å². The fraction of sp³-hybridized carbons (Fsp3) is 0.778. The molecule has 0 aromatic heterocycles. The summed E-state index contributed by atoms with van der Waals surface area (Å²) in [5.41, 5.74) is 0. The van der Waals surface area contributed by atoms with Crippen LogP contribution in [0.5, 0.6) is 0 Å². The summed E-state index contributed by atoms with van der Waals surface area (Å²) >= 11 is 0. The van der Waals surface area contributed by atoms with Crippen molar-refractivity contribution in [3.05, 3.63) is 12.7 Å². The summed E-state index contributed by atoms with van der Waals surface area (Å²) in [6, 6.07) is 0. The van der Waals surface area contributed by atoms with E-state index in [1.54, 1.807) is 6.08 Å². The fourth-order valence-electron chi connectivity index (χ4n) is 1.60. The highest BCUT2D eigenvalue weighted by atomic mass is 16.5. The average Bonchev–Trinajstić information content (AvgIpc) is 2.36. The molecule has 3 unspecified atom stereocenters. The van der Waals surface area contributed by atoms with Gasteiger partial charge in [-0.2, -0.15) is 0 Å². The fourth-order valence-corrected chi connectivity index (χ4v) is 1.60. The third-order valence-electron chi connectivity index (χ3n) is 2.34. The van der Waals surface area contributed by atoms with E-state index in [9.17, 15) is 5.11 Å². The highest BCUT2D eigenvalue weighted by Gasteiger charge is 2.29. The molecule has 1 aliphatic heterocycles. The lowest BCUT2D eigenvalue weighted by Gasteiger charge is -2.19. The number of ether oxygens (including phenoxy) is 1. The van der Waals surface area contributed by atoms with E-state index in [2.05, 4.69) is 6.58 Å². The van der Waals surface area contributed by atoms with Crippen molar-refractivity contribution in [1.29, 1.82) is 0 Å². The Labute approximate surface area is 67.9 Å². The van der Waals surface area contributed by atoms with Gasteiger partial charge in [-0.15, -0.1) is 6.58 Å². The number of rotatable bonds is 3. The van der Waals surface area contributed by atoms with Crippen LogP contribution in [0.4, 0.5) is 0 Å². The van der Waals surface area contributed by atoms with Crippen molar-refractivity contribution in [2.24, 2.45) is 5.92 Å². The minimum Gasteiger partial charge on any atom is -0.392 e. The normalized spacial score (nSPS) is 33.6. The first-order valence-electron chi connectivity index (χ1n) is 4.16. The van der Waals surface area contributed by atoms with Crippen LogP contribution < -0.4 is 0 Å². The predicted molar refractivity (Wildman–Crippen MR) is 44.3 cm³/mol. The minimum absolute atomic E-state index is 0.213. The number of hydrogen-bond donors (Lipinski definition) is 1. The van der Waals surface area contributed by atoms with Crippen LogP contribution in [0, 0.1) is 5.92 Å². The molecule has 3 atom stereocenters. The van der Waals surface area contributed by atoms with Gasteiger partial charge in [0.15, 0.2) is 0 Å². The zero-order valence-electron chi connectivity index (χ0n) is 6.99.